The molecule has 0 radical (unpaired) electrons. The van der Waals surface area contributed by atoms with Crippen molar-refractivity contribution in [1.82, 2.24) is 0 Å². The minimum absolute atomic E-state index is 0.202. The van der Waals surface area contributed by atoms with E-state index < -0.39 is 0 Å². The summed E-state index contributed by atoms with van der Waals surface area (Å²) in [5.41, 5.74) is 9.55. The fourth-order valence-electron chi connectivity index (χ4n) is 1.96. The molecule has 0 bridgehead atoms. The van der Waals surface area contributed by atoms with Gasteiger partial charge < -0.3 is 10.5 Å². The summed E-state index contributed by atoms with van der Waals surface area (Å²) in [6, 6.07) is 15.5. The summed E-state index contributed by atoms with van der Waals surface area (Å²) in [5.74, 6) is -0.202. The molecule has 98 valence electrons. The van der Waals surface area contributed by atoms with Crippen molar-refractivity contribution < 1.29 is 9.53 Å². The van der Waals surface area contributed by atoms with Gasteiger partial charge in [0.15, 0.2) is 0 Å². The van der Waals surface area contributed by atoms with E-state index in [1.165, 1.54) is 0 Å². The Hall–Kier alpha value is -2.29. The molecule has 0 spiro atoms. The highest BCUT2D eigenvalue weighted by molar-refractivity contribution is 5.74. The average molecular weight is 255 g/mol. The number of hydrogen-bond acceptors (Lipinski definition) is 3. The number of hydrogen-bond donors (Lipinski definition) is 1. The van der Waals surface area contributed by atoms with Crippen LogP contribution in [0.1, 0.15) is 12.5 Å². The molecule has 2 rings (SSSR count). The van der Waals surface area contributed by atoms with Crippen LogP contribution in [0, 0.1) is 0 Å². The number of carbonyl (C=O) groups excluding carboxylic acids is 1. The van der Waals surface area contributed by atoms with Gasteiger partial charge in [-0.3, -0.25) is 4.79 Å². The molecule has 0 heterocycles. The van der Waals surface area contributed by atoms with Gasteiger partial charge in [0.2, 0.25) is 0 Å². The van der Waals surface area contributed by atoms with E-state index >= 15 is 0 Å². The summed E-state index contributed by atoms with van der Waals surface area (Å²) in [5, 5.41) is 0. The molecule has 0 unspecified atom stereocenters. The van der Waals surface area contributed by atoms with Gasteiger partial charge in [-0.25, -0.2) is 0 Å². The van der Waals surface area contributed by atoms with Crippen molar-refractivity contribution in [1.29, 1.82) is 0 Å². The monoisotopic (exact) mass is 255 g/mol. The van der Waals surface area contributed by atoms with Crippen LogP contribution in [0.25, 0.3) is 11.1 Å². The molecule has 2 N–H and O–H groups in total. The number of benzene rings is 2. The lowest BCUT2D eigenvalue weighted by Gasteiger charge is -2.06. The molecule has 0 saturated heterocycles. The first kappa shape index (κ1) is 13.1. The number of esters is 1. The standard InChI is InChI=1S/C16H17NO2/c1-2-19-16(18)10-12-5-3-6-13(9-12)14-7-4-8-15(17)11-14/h3-9,11H,2,10,17H2,1H3. The van der Waals surface area contributed by atoms with Crippen molar-refractivity contribution in [3.8, 4) is 11.1 Å². The lowest BCUT2D eigenvalue weighted by molar-refractivity contribution is -0.142. The molecule has 0 saturated carbocycles. The Bertz CT molecular complexity index is 578. The van der Waals surface area contributed by atoms with Crippen LogP contribution in [-0.4, -0.2) is 12.6 Å². The third-order valence-electron chi connectivity index (χ3n) is 2.80. The van der Waals surface area contributed by atoms with E-state index in [1.54, 1.807) is 6.92 Å². The molecule has 0 aliphatic heterocycles. The van der Waals surface area contributed by atoms with Gasteiger partial charge in [0.1, 0.15) is 0 Å². The summed E-state index contributed by atoms with van der Waals surface area (Å²) in [6.07, 6.45) is 0.296. The predicted molar refractivity (Wildman–Crippen MR) is 76.6 cm³/mol. The second-order valence-corrected chi connectivity index (χ2v) is 4.31. The second-order valence-electron chi connectivity index (χ2n) is 4.31. The quantitative estimate of drug-likeness (QED) is 0.675. The third-order valence-corrected chi connectivity index (χ3v) is 2.80. The summed E-state index contributed by atoms with van der Waals surface area (Å²) in [7, 11) is 0. The van der Waals surface area contributed by atoms with Gasteiger partial charge in [0, 0.05) is 5.69 Å². The number of ether oxygens (including phenoxy) is 1. The molecule has 0 aliphatic carbocycles. The molecular formula is C16H17NO2. The van der Waals surface area contributed by atoms with E-state index in [0.29, 0.717) is 13.0 Å². The Morgan fingerprint density at radius 3 is 2.47 bits per heavy atom. The largest absolute Gasteiger partial charge is 0.466 e. The van der Waals surface area contributed by atoms with Crippen LogP contribution < -0.4 is 5.73 Å². The van der Waals surface area contributed by atoms with Gasteiger partial charge in [-0.15, -0.1) is 0 Å². The molecule has 2 aromatic carbocycles. The summed E-state index contributed by atoms with van der Waals surface area (Å²) < 4.78 is 4.95. The first-order chi connectivity index (χ1) is 9.19. The summed E-state index contributed by atoms with van der Waals surface area (Å²) >= 11 is 0. The SMILES string of the molecule is CCOC(=O)Cc1cccc(-c2cccc(N)c2)c1. The van der Waals surface area contributed by atoms with Crippen LogP contribution in [0.4, 0.5) is 5.69 Å². The van der Waals surface area contributed by atoms with Gasteiger partial charge in [-0.1, -0.05) is 36.4 Å². The number of nitrogen functional groups attached to an aromatic ring is 1. The lowest BCUT2D eigenvalue weighted by Crippen LogP contribution is -2.07. The molecule has 0 aromatic heterocycles. The van der Waals surface area contributed by atoms with Crippen molar-refractivity contribution in [2.75, 3.05) is 12.3 Å². The van der Waals surface area contributed by atoms with Crippen molar-refractivity contribution in [2.24, 2.45) is 0 Å². The fourth-order valence-corrected chi connectivity index (χ4v) is 1.96. The zero-order chi connectivity index (χ0) is 13.7. The number of anilines is 1. The fraction of sp³-hybridized carbons (Fsp3) is 0.188. The van der Waals surface area contributed by atoms with E-state index in [2.05, 4.69) is 0 Å². The number of nitrogens with two attached hydrogens (primary N) is 1. The predicted octanol–water partition coefficient (Wildman–Crippen LogP) is 3.04. The third kappa shape index (κ3) is 3.58. The number of carbonyl (C=O) groups is 1. The molecule has 2 aromatic rings. The van der Waals surface area contributed by atoms with Crippen LogP contribution in [0.15, 0.2) is 48.5 Å². The molecule has 3 nitrogen and oxygen atoms in total. The van der Waals surface area contributed by atoms with Crippen LogP contribution in [0.5, 0.6) is 0 Å². The van der Waals surface area contributed by atoms with Gasteiger partial charge in [0.05, 0.1) is 13.0 Å². The van der Waals surface area contributed by atoms with E-state index in [9.17, 15) is 4.79 Å². The maximum Gasteiger partial charge on any atom is 0.310 e. The maximum absolute atomic E-state index is 11.5. The van der Waals surface area contributed by atoms with Gasteiger partial charge in [-0.2, -0.15) is 0 Å². The zero-order valence-electron chi connectivity index (χ0n) is 10.9. The molecule has 3 heteroatoms. The van der Waals surface area contributed by atoms with Gasteiger partial charge in [-0.05, 0) is 35.7 Å². The molecule has 0 atom stereocenters. The Balaban J connectivity index is 2.22. The maximum atomic E-state index is 11.5. The Morgan fingerprint density at radius 1 is 1.11 bits per heavy atom. The van der Waals surface area contributed by atoms with Gasteiger partial charge in [0.25, 0.3) is 0 Å². The average Bonchev–Trinajstić information content (AvgIpc) is 2.39. The second kappa shape index (κ2) is 6.05. The highest BCUT2D eigenvalue weighted by atomic mass is 16.5. The Labute approximate surface area is 113 Å². The summed E-state index contributed by atoms with van der Waals surface area (Å²) in [6.45, 7) is 2.22. The van der Waals surface area contributed by atoms with Crippen LogP contribution in [0.3, 0.4) is 0 Å². The first-order valence-electron chi connectivity index (χ1n) is 6.29. The molecule has 0 fully saturated rings. The van der Waals surface area contributed by atoms with Crippen LogP contribution >= 0.6 is 0 Å². The van der Waals surface area contributed by atoms with Crippen molar-refractivity contribution in [2.45, 2.75) is 13.3 Å². The minimum Gasteiger partial charge on any atom is -0.466 e. The van der Waals surface area contributed by atoms with E-state index in [-0.39, 0.29) is 5.97 Å². The lowest BCUT2D eigenvalue weighted by atomic mass is 10.0. The van der Waals surface area contributed by atoms with Crippen molar-refractivity contribution in [3.05, 3.63) is 54.1 Å². The molecular weight excluding hydrogens is 238 g/mol. The number of rotatable bonds is 4. The molecule has 19 heavy (non-hydrogen) atoms. The smallest absolute Gasteiger partial charge is 0.310 e. The van der Waals surface area contributed by atoms with Crippen LogP contribution in [0.2, 0.25) is 0 Å². The zero-order valence-corrected chi connectivity index (χ0v) is 10.9. The highest BCUT2D eigenvalue weighted by Crippen LogP contribution is 2.22. The van der Waals surface area contributed by atoms with E-state index in [1.807, 2.05) is 48.5 Å². The van der Waals surface area contributed by atoms with E-state index in [4.69, 9.17) is 10.5 Å². The minimum atomic E-state index is -0.202. The Kier molecular flexibility index (Phi) is 4.18. The highest BCUT2D eigenvalue weighted by Gasteiger charge is 2.05. The van der Waals surface area contributed by atoms with Crippen LogP contribution in [-0.2, 0) is 16.0 Å². The molecule has 0 amide bonds. The van der Waals surface area contributed by atoms with Crippen molar-refractivity contribution in [3.63, 3.8) is 0 Å². The summed E-state index contributed by atoms with van der Waals surface area (Å²) in [4.78, 5) is 11.5. The van der Waals surface area contributed by atoms with E-state index in [0.717, 1.165) is 22.4 Å². The first-order valence-corrected chi connectivity index (χ1v) is 6.29. The molecule has 0 aliphatic rings. The Morgan fingerprint density at radius 2 is 1.79 bits per heavy atom. The topological polar surface area (TPSA) is 52.3 Å². The normalized spacial score (nSPS) is 10.2. The van der Waals surface area contributed by atoms with Gasteiger partial charge >= 0.3 is 5.97 Å². The van der Waals surface area contributed by atoms with Crippen molar-refractivity contribution >= 4 is 11.7 Å².